The average Bonchev–Trinajstić information content (AvgIpc) is 3.05. The zero-order valence-electron chi connectivity index (χ0n) is 13.3. The Labute approximate surface area is 137 Å². The molecule has 4 rings (SSSR count). The lowest BCUT2D eigenvalue weighted by Gasteiger charge is -2.32. The number of hydrogen-bond acceptors (Lipinski definition) is 4. The highest BCUT2D eigenvalue weighted by Crippen LogP contribution is 2.27. The first-order valence-corrected chi connectivity index (χ1v) is 8.40. The van der Waals surface area contributed by atoms with Gasteiger partial charge in [-0.05, 0) is 42.2 Å². The van der Waals surface area contributed by atoms with Gasteiger partial charge in [-0.15, -0.1) is 0 Å². The largest absolute Gasteiger partial charge is 0.493 e. The smallest absolute Gasteiger partial charge is 0.137 e. The van der Waals surface area contributed by atoms with Gasteiger partial charge in [0.2, 0.25) is 0 Å². The molecule has 23 heavy (non-hydrogen) atoms. The number of nitrogens with zero attached hydrogens (tertiary/aromatic N) is 2. The number of fused-ring (bicyclic) bond motifs is 1. The number of rotatable bonds is 4. The minimum atomic E-state index is 0.304. The Bertz CT molecular complexity index is 652. The Hall–Kier alpha value is -2.07. The van der Waals surface area contributed by atoms with E-state index < -0.39 is 0 Å². The van der Waals surface area contributed by atoms with E-state index in [0.29, 0.717) is 6.10 Å². The fourth-order valence-corrected chi connectivity index (χ4v) is 3.36. The predicted octanol–water partition coefficient (Wildman–Crippen LogP) is 3.06. The molecule has 2 aromatic rings. The third-order valence-corrected chi connectivity index (χ3v) is 4.64. The Balaban J connectivity index is 1.30. The van der Waals surface area contributed by atoms with Crippen LogP contribution in [0.5, 0.6) is 11.5 Å². The van der Waals surface area contributed by atoms with E-state index >= 15 is 0 Å². The lowest BCUT2D eigenvalue weighted by molar-refractivity contribution is 0.0965. The highest BCUT2D eigenvalue weighted by Gasteiger charge is 2.21. The second kappa shape index (κ2) is 6.59. The molecule has 120 valence electrons. The van der Waals surface area contributed by atoms with Gasteiger partial charge in [0.15, 0.2) is 0 Å². The number of piperidine rings is 1. The Morgan fingerprint density at radius 3 is 2.96 bits per heavy atom. The molecule has 0 atom stereocenters. The number of likely N-dealkylation sites (tertiary alicyclic amines) is 1. The van der Waals surface area contributed by atoms with E-state index in [4.69, 9.17) is 9.47 Å². The summed E-state index contributed by atoms with van der Waals surface area (Å²) in [5.74, 6) is 1.96. The fraction of sp³-hybridized carbons (Fsp3) is 0.421. The number of aromatic nitrogens is 1. The van der Waals surface area contributed by atoms with Gasteiger partial charge in [-0.1, -0.05) is 12.1 Å². The second-order valence-electron chi connectivity index (χ2n) is 6.32. The van der Waals surface area contributed by atoms with Crippen molar-refractivity contribution in [1.82, 2.24) is 9.88 Å². The molecule has 1 aromatic carbocycles. The van der Waals surface area contributed by atoms with E-state index in [9.17, 15) is 0 Å². The summed E-state index contributed by atoms with van der Waals surface area (Å²) < 4.78 is 11.7. The zero-order valence-corrected chi connectivity index (χ0v) is 13.3. The fourth-order valence-electron chi connectivity index (χ4n) is 3.36. The Kier molecular flexibility index (Phi) is 4.16. The van der Waals surface area contributed by atoms with Crippen LogP contribution in [0.3, 0.4) is 0 Å². The monoisotopic (exact) mass is 310 g/mol. The van der Waals surface area contributed by atoms with Crippen LogP contribution in [0, 0.1) is 0 Å². The first-order valence-electron chi connectivity index (χ1n) is 8.40. The summed E-state index contributed by atoms with van der Waals surface area (Å²) in [7, 11) is 0. The van der Waals surface area contributed by atoms with Crippen LogP contribution in [0.25, 0.3) is 0 Å². The van der Waals surface area contributed by atoms with Crippen molar-refractivity contribution in [2.45, 2.75) is 31.9 Å². The Morgan fingerprint density at radius 2 is 2.13 bits per heavy atom. The van der Waals surface area contributed by atoms with E-state index in [1.807, 2.05) is 12.1 Å². The van der Waals surface area contributed by atoms with Crippen LogP contribution < -0.4 is 9.47 Å². The van der Waals surface area contributed by atoms with Crippen LogP contribution in [0.4, 0.5) is 0 Å². The molecule has 1 fully saturated rings. The van der Waals surface area contributed by atoms with E-state index in [2.05, 4.69) is 28.1 Å². The second-order valence-corrected chi connectivity index (χ2v) is 6.32. The number of pyridine rings is 1. The van der Waals surface area contributed by atoms with E-state index in [0.717, 1.165) is 57.0 Å². The van der Waals surface area contributed by atoms with Crippen LogP contribution >= 0.6 is 0 Å². The van der Waals surface area contributed by atoms with Crippen molar-refractivity contribution in [2.75, 3.05) is 19.7 Å². The van der Waals surface area contributed by atoms with Crippen LogP contribution in [-0.2, 0) is 13.0 Å². The standard InChI is InChI=1S/C19H22N2O2/c1-2-18(13-20-8-1)23-17-5-9-21(10-6-17)14-15-3-4-16-7-11-22-19(16)12-15/h1-4,8,12-13,17H,5-7,9-11,14H2. The molecule has 0 radical (unpaired) electrons. The number of ether oxygens (including phenoxy) is 2. The minimum Gasteiger partial charge on any atom is -0.493 e. The van der Waals surface area contributed by atoms with Gasteiger partial charge in [-0.25, -0.2) is 0 Å². The highest BCUT2D eigenvalue weighted by atomic mass is 16.5. The van der Waals surface area contributed by atoms with Gasteiger partial charge < -0.3 is 9.47 Å². The van der Waals surface area contributed by atoms with E-state index in [1.54, 1.807) is 12.4 Å². The van der Waals surface area contributed by atoms with Crippen LogP contribution in [0.2, 0.25) is 0 Å². The maximum absolute atomic E-state index is 6.01. The first kappa shape index (κ1) is 14.5. The zero-order chi connectivity index (χ0) is 15.5. The summed E-state index contributed by atoms with van der Waals surface area (Å²) in [5.41, 5.74) is 2.69. The molecular formula is C19H22N2O2. The number of hydrogen-bond donors (Lipinski definition) is 0. The molecule has 0 aliphatic carbocycles. The van der Waals surface area contributed by atoms with Gasteiger partial charge in [0.25, 0.3) is 0 Å². The quantitative estimate of drug-likeness (QED) is 0.869. The molecule has 0 N–H and O–H groups in total. The third-order valence-electron chi connectivity index (χ3n) is 4.64. The van der Waals surface area contributed by atoms with Crippen LogP contribution in [0.15, 0.2) is 42.7 Å². The maximum atomic E-state index is 6.01. The molecule has 2 aliphatic rings. The molecule has 0 bridgehead atoms. The normalized spacial score (nSPS) is 18.4. The molecule has 4 nitrogen and oxygen atoms in total. The molecule has 1 aromatic heterocycles. The molecule has 0 spiro atoms. The van der Waals surface area contributed by atoms with Gasteiger partial charge >= 0.3 is 0 Å². The van der Waals surface area contributed by atoms with Gasteiger partial charge in [0.05, 0.1) is 12.8 Å². The maximum Gasteiger partial charge on any atom is 0.137 e. The summed E-state index contributed by atoms with van der Waals surface area (Å²) in [6, 6.07) is 10.6. The van der Waals surface area contributed by atoms with Gasteiger partial charge in [-0.2, -0.15) is 0 Å². The molecule has 0 amide bonds. The molecule has 0 saturated carbocycles. The molecule has 0 unspecified atom stereocenters. The third kappa shape index (κ3) is 3.48. The van der Waals surface area contributed by atoms with Crippen molar-refractivity contribution in [3.05, 3.63) is 53.9 Å². The van der Waals surface area contributed by atoms with Crippen molar-refractivity contribution in [3.63, 3.8) is 0 Å². The molecule has 1 saturated heterocycles. The summed E-state index contributed by atoms with van der Waals surface area (Å²) in [6.45, 7) is 3.97. The highest BCUT2D eigenvalue weighted by molar-refractivity contribution is 5.40. The van der Waals surface area contributed by atoms with E-state index in [-0.39, 0.29) is 0 Å². The van der Waals surface area contributed by atoms with Gasteiger partial charge in [0.1, 0.15) is 17.6 Å². The van der Waals surface area contributed by atoms with Crippen LogP contribution in [0.1, 0.15) is 24.0 Å². The lowest BCUT2D eigenvalue weighted by atomic mass is 10.1. The summed E-state index contributed by atoms with van der Waals surface area (Å²) in [4.78, 5) is 6.60. The minimum absolute atomic E-state index is 0.304. The number of benzene rings is 1. The van der Waals surface area contributed by atoms with Crippen molar-refractivity contribution >= 4 is 0 Å². The molecular weight excluding hydrogens is 288 g/mol. The molecule has 2 aliphatic heterocycles. The SMILES string of the molecule is c1cncc(OC2CCN(Cc3ccc4c(c3)OCC4)CC2)c1. The predicted molar refractivity (Wildman–Crippen MR) is 88.8 cm³/mol. The van der Waals surface area contributed by atoms with Crippen molar-refractivity contribution in [1.29, 1.82) is 0 Å². The summed E-state index contributed by atoms with van der Waals surface area (Å²) in [5, 5.41) is 0. The summed E-state index contributed by atoms with van der Waals surface area (Å²) >= 11 is 0. The van der Waals surface area contributed by atoms with Gasteiger partial charge in [-0.3, -0.25) is 9.88 Å². The van der Waals surface area contributed by atoms with E-state index in [1.165, 1.54) is 11.1 Å². The molecule has 3 heterocycles. The van der Waals surface area contributed by atoms with Crippen molar-refractivity contribution in [2.24, 2.45) is 0 Å². The molecule has 4 heteroatoms. The lowest BCUT2D eigenvalue weighted by Crippen LogP contribution is -2.37. The topological polar surface area (TPSA) is 34.6 Å². The van der Waals surface area contributed by atoms with Gasteiger partial charge in [0, 0.05) is 32.3 Å². The average molecular weight is 310 g/mol. The first-order chi connectivity index (χ1) is 11.4. The Morgan fingerprint density at radius 1 is 1.22 bits per heavy atom. The van der Waals surface area contributed by atoms with Crippen LogP contribution in [-0.4, -0.2) is 35.7 Å². The van der Waals surface area contributed by atoms with Crippen molar-refractivity contribution in [3.8, 4) is 11.5 Å². The summed E-state index contributed by atoms with van der Waals surface area (Å²) in [6.07, 6.45) is 7.05. The van der Waals surface area contributed by atoms with Crippen molar-refractivity contribution < 1.29 is 9.47 Å².